The quantitative estimate of drug-likeness (QED) is 0.338. The van der Waals surface area contributed by atoms with Crippen molar-refractivity contribution in [3.05, 3.63) is 95.2 Å². The van der Waals surface area contributed by atoms with E-state index in [2.05, 4.69) is 15.6 Å². The molecule has 0 atom stereocenters. The summed E-state index contributed by atoms with van der Waals surface area (Å²) in [6.45, 7) is -0.570. The number of rotatable bonds is 10. The Morgan fingerprint density at radius 3 is 2.03 bits per heavy atom. The maximum atomic E-state index is 13.7. The molecular weight excluding hydrogens is 464 g/mol. The van der Waals surface area contributed by atoms with Gasteiger partial charge >= 0.3 is 5.97 Å². The molecule has 1 aromatic heterocycles. The Hall–Kier alpha value is -3.79. The van der Waals surface area contributed by atoms with E-state index in [-0.39, 0.29) is 35.3 Å². The molecule has 0 bridgehead atoms. The largest absolute Gasteiger partial charge is 0.452 e. The second kappa shape index (κ2) is 12.4. The van der Waals surface area contributed by atoms with Crippen molar-refractivity contribution in [2.45, 2.75) is 18.1 Å². The summed E-state index contributed by atoms with van der Waals surface area (Å²) in [5.74, 6) is -2.68. The predicted octanol–water partition coefficient (Wildman–Crippen LogP) is 3.24. The van der Waals surface area contributed by atoms with Crippen LogP contribution in [0.4, 0.5) is 8.78 Å². The number of carbonyl (C=O) groups is 3. The van der Waals surface area contributed by atoms with Crippen LogP contribution in [0.5, 0.6) is 0 Å². The summed E-state index contributed by atoms with van der Waals surface area (Å²) in [5, 5.41) is 5.33. The Bertz CT molecular complexity index is 1180. The number of amides is 2. The number of nitrogens with zero attached hydrogens (tertiary/aromatic N) is 1. The van der Waals surface area contributed by atoms with Gasteiger partial charge in [0.15, 0.2) is 6.61 Å². The molecule has 0 aliphatic carbocycles. The van der Waals surface area contributed by atoms with Crippen molar-refractivity contribution in [3.63, 3.8) is 0 Å². The zero-order chi connectivity index (χ0) is 24.3. The molecule has 2 N–H and O–H groups in total. The highest BCUT2D eigenvalue weighted by molar-refractivity contribution is 8.00. The Balaban J connectivity index is 1.47. The lowest BCUT2D eigenvalue weighted by molar-refractivity contribution is -0.124. The van der Waals surface area contributed by atoms with E-state index in [1.54, 1.807) is 30.3 Å². The van der Waals surface area contributed by atoms with Crippen molar-refractivity contribution < 1.29 is 27.9 Å². The first kappa shape index (κ1) is 24.8. The van der Waals surface area contributed by atoms with E-state index in [4.69, 9.17) is 4.74 Å². The van der Waals surface area contributed by atoms with Gasteiger partial charge in [0.1, 0.15) is 16.7 Å². The van der Waals surface area contributed by atoms with Gasteiger partial charge in [0.05, 0.1) is 11.3 Å². The van der Waals surface area contributed by atoms with Gasteiger partial charge in [0.2, 0.25) is 5.91 Å². The van der Waals surface area contributed by atoms with Crippen LogP contribution in [-0.2, 0) is 27.4 Å². The fraction of sp³-hybridized carbons (Fsp3) is 0.167. The predicted molar refractivity (Wildman–Crippen MR) is 122 cm³/mol. The van der Waals surface area contributed by atoms with Crippen LogP contribution >= 0.6 is 11.8 Å². The fourth-order valence-corrected chi connectivity index (χ4v) is 3.59. The van der Waals surface area contributed by atoms with Crippen molar-refractivity contribution in [3.8, 4) is 0 Å². The van der Waals surface area contributed by atoms with Gasteiger partial charge in [0.25, 0.3) is 5.91 Å². The molecule has 0 fully saturated rings. The Kier molecular flexibility index (Phi) is 9.10. The van der Waals surface area contributed by atoms with Gasteiger partial charge in [-0.1, -0.05) is 48.2 Å². The number of halogens is 2. The van der Waals surface area contributed by atoms with Crippen LogP contribution in [0.25, 0.3) is 0 Å². The number of benzene rings is 2. The van der Waals surface area contributed by atoms with E-state index in [1.807, 2.05) is 0 Å². The molecule has 0 spiro atoms. The highest BCUT2D eigenvalue weighted by atomic mass is 32.2. The van der Waals surface area contributed by atoms with E-state index < -0.39 is 30.1 Å². The Morgan fingerprint density at radius 1 is 0.824 bits per heavy atom. The fourth-order valence-electron chi connectivity index (χ4n) is 2.78. The summed E-state index contributed by atoms with van der Waals surface area (Å²) in [6.07, 6.45) is 1.46. The molecule has 2 amide bonds. The van der Waals surface area contributed by atoms with Gasteiger partial charge in [-0.05, 0) is 24.3 Å². The summed E-state index contributed by atoms with van der Waals surface area (Å²) in [5.41, 5.74) is 0.758. The van der Waals surface area contributed by atoms with Crippen LogP contribution in [-0.4, -0.2) is 35.1 Å². The summed E-state index contributed by atoms with van der Waals surface area (Å²) >= 11 is 1.01. The first-order valence-electron chi connectivity index (χ1n) is 10.2. The number of hydrogen-bond acceptors (Lipinski definition) is 6. The molecule has 3 rings (SSSR count). The molecule has 2 aromatic carbocycles. The van der Waals surface area contributed by atoms with E-state index in [0.717, 1.165) is 11.8 Å². The summed E-state index contributed by atoms with van der Waals surface area (Å²) < 4.78 is 32.3. The number of thioether (sulfide) groups is 1. The lowest BCUT2D eigenvalue weighted by Crippen LogP contribution is -2.29. The summed E-state index contributed by atoms with van der Waals surface area (Å²) in [7, 11) is 0. The standard InChI is InChI=1S/C24H21F2N3O4S/c25-19-9-3-1-6-16(19)12-28-21(30)14-33-24(32)18-8-5-11-27-23(18)34-15-22(31)29-13-17-7-2-4-10-20(17)26/h1-11H,12-15H2,(H,28,30)(H,29,31). The van der Waals surface area contributed by atoms with Gasteiger partial charge in [-0.2, -0.15) is 0 Å². The maximum Gasteiger partial charge on any atom is 0.341 e. The highest BCUT2D eigenvalue weighted by Crippen LogP contribution is 2.20. The molecule has 0 aliphatic rings. The second-order valence-corrected chi connectivity index (χ2v) is 7.92. The van der Waals surface area contributed by atoms with Crippen LogP contribution < -0.4 is 10.6 Å². The zero-order valence-corrected chi connectivity index (χ0v) is 18.7. The Morgan fingerprint density at radius 2 is 1.41 bits per heavy atom. The third kappa shape index (κ3) is 7.38. The third-order valence-electron chi connectivity index (χ3n) is 4.53. The molecule has 0 radical (unpaired) electrons. The summed E-state index contributed by atoms with van der Waals surface area (Å²) in [4.78, 5) is 40.6. The van der Waals surface area contributed by atoms with E-state index in [1.165, 1.54) is 36.5 Å². The second-order valence-electron chi connectivity index (χ2n) is 6.96. The number of nitrogens with one attached hydrogen (secondary N) is 2. The number of aromatic nitrogens is 1. The van der Waals surface area contributed by atoms with Crippen LogP contribution in [0.2, 0.25) is 0 Å². The number of hydrogen-bond donors (Lipinski definition) is 2. The van der Waals surface area contributed by atoms with Gasteiger partial charge in [-0.15, -0.1) is 0 Å². The minimum atomic E-state index is -0.789. The highest BCUT2D eigenvalue weighted by Gasteiger charge is 2.17. The molecule has 10 heteroatoms. The molecule has 7 nitrogen and oxygen atoms in total. The van der Waals surface area contributed by atoms with Gasteiger partial charge in [0, 0.05) is 30.4 Å². The van der Waals surface area contributed by atoms with Crippen LogP contribution in [0, 0.1) is 11.6 Å². The van der Waals surface area contributed by atoms with E-state index >= 15 is 0 Å². The zero-order valence-electron chi connectivity index (χ0n) is 17.9. The van der Waals surface area contributed by atoms with Crippen LogP contribution in [0.1, 0.15) is 21.5 Å². The van der Waals surface area contributed by atoms with Crippen molar-refractivity contribution >= 4 is 29.5 Å². The maximum absolute atomic E-state index is 13.7. The Labute approximate surface area is 198 Å². The number of esters is 1. The average molecular weight is 486 g/mol. The van der Waals surface area contributed by atoms with E-state index in [0.29, 0.717) is 11.1 Å². The normalized spacial score (nSPS) is 10.4. The van der Waals surface area contributed by atoms with Gasteiger partial charge in [-0.3, -0.25) is 9.59 Å². The topological polar surface area (TPSA) is 97.4 Å². The minimum Gasteiger partial charge on any atom is -0.452 e. The van der Waals surface area contributed by atoms with Gasteiger partial charge < -0.3 is 15.4 Å². The molecule has 0 aliphatic heterocycles. The molecule has 0 unspecified atom stereocenters. The number of carbonyl (C=O) groups excluding carboxylic acids is 3. The monoisotopic (exact) mass is 485 g/mol. The third-order valence-corrected chi connectivity index (χ3v) is 5.54. The molecule has 34 heavy (non-hydrogen) atoms. The molecule has 1 heterocycles. The summed E-state index contributed by atoms with van der Waals surface area (Å²) in [6, 6.07) is 15.1. The van der Waals surface area contributed by atoms with Crippen molar-refractivity contribution in [1.29, 1.82) is 0 Å². The van der Waals surface area contributed by atoms with Crippen LogP contribution in [0.3, 0.4) is 0 Å². The van der Waals surface area contributed by atoms with Crippen molar-refractivity contribution in [2.24, 2.45) is 0 Å². The lowest BCUT2D eigenvalue weighted by Gasteiger charge is -2.10. The minimum absolute atomic E-state index is 0.0329. The molecular formula is C24H21F2N3O4S. The van der Waals surface area contributed by atoms with E-state index in [9.17, 15) is 23.2 Å². The van der Waals surface area contributed by atoms with Gasteiger partial charge in [-0.25, -0.2) is 18.6 Å². The number of ether oxygens (including phenoxy) is 1. The molecule has 176 valence electrons. The first-order valence-corrected chi connectivity index (χ1v) is 11.2. The number of pyridine rings is 1. The molecule has 0 saturated carbocycles. The van der Waals surface area contributed by atoms with Crippen molar-refractivity contribution in [1.82, 2.24) is 15.6 Å². The SMILES string of the molecule is O=C(COC(=O)c1cccnc1SCC(=O)NCc1ccccc1F)NCc1ccccc1F. The smallest absolute Gasteiger partial charge is 0.341 e. The van der Waals surface area contributed by atoms with Crippen molar-refractivity contribution in [2.75, 3.05) is 12.4 Å². The van der Waals surface area contributed by atoms with Crippen LogP contribution in [0.15, 0.2) is 71.9 Å². The molecule has 0 saturated heterocycles. The molecule has 3 aromatic rings. The lowest BCUT2D eigenvalue weighted by atomic mass is 10.2. The average Bonchev–Trinajstić information content (AvgIpc) is 2.85. The first-order chi connectivity index (χ1) is 16.4.